The van der Waals surface area contributed by atoms with Crippen LogP contribution >= 0.6 is 0 Å². The summed E-state index contributed by atoms with van der Waals surface area (Å²) < 4.78 is 0. The number of likely N-dealkylation sites (N-methyl/N-ethyl adjacent to an activating group) is 2. The molecule has 1 aromatic carbocycles. The Morgan fingerprint density at radius 1 is 1.24 bits per heavy atom. The minimum Gasteiger partial charge on any atom is -0.481 e. The predicted octanol–water partition coefficient (Wildman–Crippen LogP) is 1.69. The van der Waals surface area contributed by atoms with Crippen molar-refractivity contribution in [3.8, 4) is 0 Å². The summed E-state index contributed by atoms with van der Waals surface area (Å²) in [5.74, 6) is -1.31. The summed E-state index contributed by atoms with van der Waals surface area (Å²) in [5, 5.41) is 8.89. The molecule has 21 heavy (non-hydrogen) atoms. The monoisotopic (exact) mass is 292 g/mol. The van der Waals surface area contributed by atoms with Crippen LogP contribution in [0.3, 0.4) is 0 Å². The molecule has 0 aliphatic rings. The van der Waals surface area contributed by atoms with Crippen molar-refractivity contribution >= 4 is 11.9 Å². The van der Waals surface area contributed by atoms with E-state index in [1.165, 1.54) is 0 Å². The molecular weight excluding hydrogens is 268 g/mol. The molecule has 116 valence electrons. The van der Waals surface area contributed by atoms with Gasteiger partial charge in [0.25, 0.3) is 0 Å². The molecule has 0 spiro atoms. The molecule has 1 amide bonds. The smallest absolute Gasteiger partial charge is 0.307 e. The van der Waals surface area contributed by atoms with Crippen LogP contribution in [-0.2, 0) is 16.1 Å². The first kappa shape index (κ1) is 17.2. The second-order valence-electron chi connectivity index (χ2n) is 5.33. The van der Waals surface area contributed by atoms with Gasteiger partial charge in [-0.2, -0.15) is 0 Å². The van der Waals surface area contributed by atoms with Gasteiger partial charge in [-0.05, 0) is 19.5 Å². The Morgan fingerprint density at radius 2 is 1.86 bits per heavy atom. The van der Waals surface area contributed by atoms with Gasteiger partial charge in [0.1, 0.15) is 0 Å². The Kier molecular flexibility index (Phi) is 6.88. The summed E-state index contributed by atoms with van der Waals surface area (Å²) in [6, 6.07) is 9.84. The van der Waals surface area contributed by atoms with Crippen LogP contribution in [0.1, 0.15) is 19.4 Å². The third-order valence-electron chi connectivity index (χ3n) is 3.36. The molecule has 0 aromatic heterocycles. The van der Waals surface area contributed by atoms with Gasteiger partial charge in [0, 0.05) is 19.6 Å². The molecule has 1 atom stereocenters. The number of carboxylic acids is 1. The second-order valence-corrected chi connectivity index (χ2v) is 5.33. The SMILES string of the molecule is CCN(Cc1ccccc1)C(=O)CN(C)CC(C)C(=O)O. The van der Waals surface area contributed by atoms with Crippen molar-refractivity contribution in [2.24, 2.45) is 5.92 Å². The van der Waals surface area contributed by atoms with Crippen LogP contribution in [0.2, 0.25) is 0 Å². The van der Waals surface area contributed by atoms with Crippen molar-refractivity contribution in [3.63, 3.8) is 0 Å². The van der Waals surface area contributed by atoms with Gasteiger partial charge < -0.3 is 10.0 Å². The maximum absolute atomic E-state index is 12.3. The lowest BCUT2D eigenvalue weighted by Crippen LogP contribution is -2.40. The Morgan fingerprint density at radius 3 is 2.38 bits per heavy atom. The predicted molar refractivity (Wildman–Crippen MR) is 81.8 cm³/mol. The number of carbonyl (C=O) groups excluding carboxylic acids is 1. The Labute approximate surface area is 126 Å². The largest absolute Gasteiger partial charge is 0.481 e. The van der Waals surface area contributed by atoms with Crippen molar-refractivity contribution in [2.75, 3.05) is 26.7 Å². The van der Waals surface area contributed by atoms with E-state index in [2.05, 4.69) is 0 Å². The van der Waals surface area contributed by atoms with Crippen LogP contribution in [0.25, 0.3) is 0 Å². The minimum absolute atomic E-state index is 0.0152. The summed E-state index contributed by atoms with van der Waals surface area (Å²) >= 11 is 0. The normalized spacial score (nSPS) is 12.2. The van der Waals surface area contributed by atoms with Gasteiger partial charge in [-0.3, -0.25) is 14.5 Å². The van der Waals surface area contributed by atoms with Crippen molar-refractivity contribution in [1.29, 1.82) is 0 Å². The zero-order valence-corrected chi connectivity index (χ0v) is 13.0. The third-order valence-corrected chi connectivity index (χ3v) is 3.36. The fourth-order valence-corrected chi connectivity index (χ4v) is 2.12. The van der Waals surface area contributed by atoms with E-state index < -0.39 is 11.9 Å². The van der Waals surface area contributed by atoms with Crippen LogP contribution in [-0.4, -0.2) is 53.5 Å². The summed E-state index contributed by atoms with van der Waals surface area (Å²) in [4.78, 5) is 26.6. The van der Waals surface area contributed by atoms with E-state index in [-0.39, 0.29) is 12.5 Å². The first-order chi connectivity index (χ1) is 9.93. The van der Waals surface area contributed by atoms with Crippen LogP contribution in [0.15, 0.2) is 30.3 Å². The summed E-state index contributed by atoms with van der Waals surface area (Å²) in [7, 11) is 1.77. The van der Waals surface area contributed by atoms with Gasteiger partial charge in [0.05, 0.1) is 12.5 Å². The highest BCUT2D eigenvalue weighted by molar-refractivity contribution is 5.78. The van der Waals surface area contributed by atoms with Crippen LogP contribution in [0.5, 0.6) is 0 Å². The molecule has 0 aliphatic carbocycles. The number of rotatable bonds is 8. The van der Waals surface area contributed by atoms with E-state index in [1.807, 2.05) is 37.3 Å². The van der Waals surface area contributed by atoms with Crippen molar-refractivity contribution < 1.29 is 14.7 Å². The highest BCUT2D eigenvalue weighted by Crippen LogP contribution is 2.06. The van der Waals surface area contributed by atoms with E-state index in [0.717, 1.165) is 5.56 Å². The van der Waals surface area contributed by atoms with E-state index >= 15 is 0 Å². The molecule has 1 N–H and O–H groups in total. The van der Waals surface area contributed by atoms with E-state index in [4.69, 9.17) is 5.11 Å². The molecule has 0 saturated heterocycles. The number of carbonyl (C=O) groups is 2. The summed E-state index contributed by atoms with van der Waals surface area (Å²) in [6.45, 7) is 5.41. The Bertz CT molecular complexity index is 462. The van der Waals surface area contributed by atoms with Gasteiger partial charge in [-0.1, -0.05) is 37.3 Å². The molecule has 1 rings (SSSR count). The number of nitrogens with zero attached hydrogens (tertiary/aromatic N) is 2. The van der Waals surface area contributed by atoms with Crippen LogP contribution in [0, 0.1) is 5.92 Å². The quantitative estimate of drug-likeness (QED) is 0.792. The fourth-order valence-electron chi connectivity index (χ4n) is 2.12. The topological polar surface area (TPSA) is 60.9 Å². The lowest BCUT2D eigenvalue weighted by atomic mass is 10.2. The molecule has 0 heterocycles. The Balaban J connectivity index is 2.53. The minimum atomic E-state index is -0.842. The molecule has 5 heteroatoms. The number of amides is 1. The van der Waals surface area contributed by atoms with E-state index in [9.17, 15) is 9.59 Å². The van der Waals surface area contributed by atoms with Crippen LogP contribution in [0.4, 0.5) is 0 Å². The molecule has 5 nitrogen and oxygen atoms in total. The molecule has 0 radical (unpaired) electrons. The second kappa shape index (κ2) is 8.42. The molecule has 0 fully saturated rings. The average molecular weight is 292 g/mol. The molecule has 1 unspecified atom stereocenters. The van der Waals surface area contributed by atoms with Gasteiger partial charge in [-0.15, -0.1) is 0 Å². The summed E-state index contributed by atoms with van der Waals surface area (Å²) in [6.07, 6.45) is 0. The lowest BCUT2D eigenvalue weighted by Gasteiger charge is -2.25. The first-order valence-corrected chi connectivity index (χ1v) is 7.17. The van der Waals surface area contributed by atoms with Crippen LogP contribution < -0.4 is 0 Å². The van der Waals surface area contributed by atoms with Crippen molar-refractivity contribution in [2.45, 2.75) is 20.4 Å². The van der Waals surface area contributed by atoms with E-state index in [0.29, 0.717) is 19.6 Å². The molecule has 0 saturated carbocycles. The van der Waals surface area contributed by atoms with E-state index in [1.54, 1.807) is 23.8 Å². The zero-order chi connectivity index (χ0) is 15.8. The van der Waals surface area contributed by atoms with Gasteiger partial charge in [0.15, 0.2) is 0 Å². The molecule has 1 aromatic rings. The zero-order valence-electron chi connectivity index (χ0n) is 13.0. The molecular formula is C16H24N2O3. The number of benzene rings is 1. The third kappa shape index (κ3) is 5.95. The lowest BCUT2D eigenvalue weighted by molar-refractivity contribution is -0.142. The number of hydrogen-bond donors (Lipinski definition) is 1. The fraction of sp³-hybridized carbons (Fsp3) is 0.500. The highest BCUT2D eigenvalue weighted by Gasteiger charge is 2.18. The maximum atomic E-state index is 12.3. The summed E-state index contributed by atoms with van der Waals surface area (Å²) in [5.41, 5.74) is 1.09. The number of hydrogen-bond acceptors (Lipinski definition) is 3. The van der Waals surface area contributed by atoms with Crippen molar-refractivity contribution in [1.82, 2.24) is 9.80 Å². The highest BCUT2D eigenvalue weighted by atomic mass is 16.4. The number of carboxylic acid groups (broad SMARTS) is 1. The molecule has 0 bridgehead atoms. The maximum Gasteiger partial charge on any atom is 0.307 e. The Hall–Kier alpha value is -1.88. The van der Waals surface area contributed by atoms with Crippen molar-refractivity contribution in [3.05, 3.63) is 35.9 Å². The van der Waals surface area contributed by atoms with Gasteiger partial charge in [0.2, 0.25) is 5.91 Å². The van der Waals surface area contributed by atoms with Gasteiger partial charge in [-0.25, -0.2) is 0 Å². The first-order valence-electron chi connectivity index (χ1n) is 7.17. The van der Waals surface area contributed by atoms with Gasteiger partial charge >= 0.3 is 5.97 Å². The number of aliphatic carboxylic acids is 1. The average Bonchev–Trinajstić information content (AvgIpc) is 2.45. The standard InChI is InChI=1S/C16H24N2O3/c1-4-18(11-14-8-6-5-7-9-14)15(19)12-17(3)10-13(2)16(20)21/h5-9,13H,4,10-12H2,1-3H3,(H,20,21). The molecule has 0 aliphatic heterocycles.